The Labute approximate surface area is 142 Å². The number of aromatic nitrogens is 1. The van der Waals surface area contributed by atoms with Crippen LogP contribution in [0.3, 0.4) is 0 Å². The summed E-state index contributed by atoms with van der Waals surface area (Å²) >= 11 is 0. The summed E-state index contributed by atoms with van der Waals surface area (Å²) in [6, 6.07) is 3.80. The molecule has 7 heteroatoms. The zero-order chi connectivity index (χ0) is 17.7. The molecule has 2 rings (SSSR count). The highest BCUT2D eigenvalue weighted by Crippen LogP contribution is 2.25. The second-order valence-electron chi connectivity index (χ2n) is 6.86. The van der Waals surface area contributed by atoms with Crippen LogP contribution in [-0.2, 0) is 9.57 Å². The van der Waals surface area contributed by atoms with E-state index < -0.39 is 5.60 Å². The zero-order valence-corrected chi connectivity index (χ0v) is 14.9. The van der Waals surface area contributed by atoms with Crippen molar-refractivity contribution in [3.8, 4) is 0 Å². The molecule has 0 atom stereocenters. The minimum atomic E-state index is -0.487. The third-order valence-corrected chi connectivity index (χ3v) is 3.83. The molecule has 134 valence electrons. The van der Waals surface area contributed by atoms with Gasteiger partial charge in [-0.25, -0.2) is 10.3 Å². The number of nitrogens with one attached hydrogen (secondary N) is 1. The van der Waals surface area contributed by atoms with Gasteiger partial charge in [-0.1, -0.05) is 0 Å². The summed E-state index contributed by atoms with van der Waals surface area (Å²) in [6.45, 7) is 9.04. The number of rotatable bonds is 4. The lowest BCUT2D eigenvalue weighted by atomic mass is 10.0. The SMILES string of the molecule is CCONC(=O)c1cccn1C1CCN(C(=O)OC(C)(C)C)CC1. The fraction of sp³-hybridized carbons (Fsp3) is 0.647. The number of nitrogens with zero attached hydrogens (tertiary/aromatic N) is 2. The first-order valence-electron chi connectivity index (χ1n) is 8.38. The number of hydrogen-bond acceptors (Lipinski definition) is 4. The molecule has 7 nitrogen and oxygen atoms in total. The molecule has 0 unspecified atom stereocenters. The smallest absolute Gasteiger partial charge is 0.410 e. The molecule has 2 amide bonds. The summed E-state index contributed by atoms with van der Waals surface area (Å²) in [5, 5.41) is 0. The Morgan fingerprint density at radius 2 is 1.96 bits per heavy atom. The first-order valence-corrected chi connectivity index (χ1v) is 8.38. The maximum absolute atomic E-state index is 12.1. The van der Waals surface area contributed by atoms with Crippen molar-refractivity contribution in [2.45, 2.75) is 52.2 Å². The molecule has 1 fully saturated rings. The Kier molecular flexibility index (Phi) is 5.88. The van der Waals surface area contributed by atoms with Crippen LogP contribution in [0.5, 0.6) is 0 Å². The van der Waals surface area contributed by atoms with E-state index in [0.29, 0.717) is 25.4 Å². The third-order valence-electron chi connectivity index (χ3n) is 3.83. The molecule has 0 aliphatic carbocycles. The van der Waals surface area contributed by atoms with Crippen LogP contribution in [0.4, 0.5) is 4.79 Å². The molecule has 24 heavy (non-hydrogen) atoms. The van der Waals surface area contributed by atoms with Crippen LogP contribution >= 0.6 is 0 Å². The highest BCUT2D eigenvalue weighted by molar-refractivity contribution is 5.92. The minimum Gasteiger partial charge on any atom is -0.444 e. The number of hydrogen-bond donors (Lipinski definition) is 1. The van der Waals surface area contributed by atoms with Crippen molar-refractivity contribution < 1.29 is 19.2 Å². The molecule has 0 bridgehead atoms. The maximum atomic E-state index is 12.1. The summed E-state index contributed by atoms with van der Waals surface area (Å²) in [7, 11) is 0. The number of carbonyl (C=O) groups excluding carboxylic acids is 2. The van der Waals surface area contributed by atoms with Gasteiger partial charge in [0.2, 0.25) is 0 Å². The van der Waals surface area contributed by atoms with Gasteiger partial charge in [0.1, 0.15) is 11.3 Å². The second kappa shape index (κ2) is 7.70. The zero-order valence-electron chi connectivity index (χ0n) is 14.9. The predicted octanol–water partition coefficient (Wildman–Crippen LogP) is 2.74. The van der Waals surface area contributed by atoms with Crippen LogP contribution in [0, 0.1) is 0 Å². The molecule has 0 spiro atoms. The monoisotopic (exact) mass is 337 g/mol. The Morgan fingerprint density at radius 3 is 2.54 bits per heavy atom. The average Bonchev–Trinajstić information content (AvgIpc) is 3.00. The average molecular weight is 337 g/mol. The topological polar surface area (TPSA) is 72.8 Å². The van der Waals surface area contributed by atoms with E-state index >= 15 is 0 Å². The van der Waals surface area contributed by atoms with Crippen molar-refractivity contribution >= 4 is 12.0 Å². The van der Waals surface area contributed by atoms with Gasteiger partial charge < -0.3 is 14.2 Å². The minimum absolute atomic E-state index is 0.182. The van der Waals surface area contributed by atoms with Crippen molar-refractivity contribution in [3.63, 3.8) is 0 Å². The highest BCUT2D eigenvalue weighted by Gasteiger charge is 2.28. The summed E-state index contributed by atoms with van der Waals surface area (Å²) < 4.78 is 7.37. The van der Waals surface area contributed by atoms with E-state index in [1.54, 1.807) is 11.0 Å². The number of amides is 2. The van der Waals surface area contributed by atoms with Crippen LogP contribution in [-0.4, -0.2) is 46.8 Å². The first kappa shape index (κ1) is 18.3. The Morgan fingerprint density at radius 1 is 1.29 bits per heavy atom. The number of piperidine rings is 1. The van der Waals surface area contributed by atoms with Gasteiger partial charge in [0.15, 0.2) is 0 Å². The summed E-state index contributed by atoms with van der Waals surface area (Å²) in [5.74, 6) is -0.253. The fourth-order valence-corrected chi connectivity index (χ4v) is 2.75. The van der Waals surface area contributed by atoms with Crippen molar-refractivity contribution in [2.75, 3.05) is 19.7 Å². The van der Waals surface area contributed by atoms with Crippen LogP contribution in [0.25, 0.3) is 0 Å². The van der Waals surface area contributed by atoms with Crippen molar-refractivity contribution in [3.05, 3.63) is 24.0 Å². The van der Waals surface area contributed by atoms with Gasteiger partial charge in [0, 0.05) is 25.3 Å². The van der Waals surface area contributed by atoms with E-state index in [0.717, 1.165) is 12.8 Å². The van der Waals surface area contributed by atoms with E-state index in [-0.39, 0.29) is 18.0 Å². The molecule has 1 aromatic rings. The second-order valence-corrected chi connectivity index (χ2v) is 6.86. The molecule has 1 aliphatic heterocycles. The van der Waals surface area contributed by atoms with Crippen molar-refractivity contribution in [1.29, 1.82) is 0 Å². The molecule has 0 radical (unpaired) electrons. The van der Waals surface area contributed by atoms with Gasteiger partial charge in [0.05, 0.1) is 6.61 Å². The van der Waals surface area contributed by atoms with E-state index in [9.17, 15) is 9.59 Å². The van der Waals surface area contributed by atoms with Gasteiger partial charge in [-0.2, -0.15) is 0 Å². The fourth-order valence-electron chi connectivity index (χ4n) is 2.75. The van der Waals surface area contributed by atoms with Crippen molar-refractivity contribution in [2.24, 2.45) is 0 Å². The van der Waals surface area contributed by atoms with Gasteiger partial charge in [-0.05, 0) is 52.7 Å². The lowest BCUT2D eigenvalue weighted by Gasteiger charge is -2.34. The maximum Gasteiger partial charge on any atom is 0.410 e. The van der Waals surface area contributed by atoms with Gasteiger partial charge in [0.25, 0.3) is 5.91 Å². The summed E-state index contributed by atoms with van der Waals surface area (Å²) in [4.78, 5) is 30.9. The lowest BCUT2D eigenvalue weighted by Crippen LogP contribution is -2.42. The predicted molar refractivity (Wildman–Crippen MR) is 89.6 cm³/mol. The molecule has 1 N–H and O–H groups in total. The lowest BCUT2D eigenvalue weighted by molar-refractivity contribution is 0.0184. The van der Waals surface area contributed by atoms with Gasteiger partial charge >= 0.3 is 6.09 Å². The molecule has 1 aromatic heterocycles. The summed E-state index contributed by atoms with van der Waals surface area (Å²) in [6.07, 6.45) is 3.18. The normalized spacial score (nSPS) is 16.1. The largest absolute Gasteiger partial charge is 0.444 e. The molecule has 1 saturated heterocycles. The Balaban J connectivity index is 1.94. The molecule has 2 heterocycles. The van der Waals surface area contributed by atoms with Crippen molar-refractivity contribution in [1.82, 2.24) is 14.9 Å². The Hall–Kier alpha value is -2.02. The quantitative estimate of drug-likeness (QED) is 0.858. The number of carbonyl (C=O) groups is 2. The number of ether oxygens (including phenoxy) is 1. The third kappa shape index (κ3) is 4.74. The van der Waals surface area contributed by atoms with Crippen LogP contribution in [0.15, 0.2) is 18.3 Å². The molecular formula is C17H27N3O4. The Bertz CT molecular complexity index is 569. The molecule has 1 aliphatic rings. The van der Waals surface area contributed by atoms with Gasteiger partial charge in [-0.15, -0.1) is 0 Å². The highest BCUT2D eigenvalue weighted by atomic mass is 16.6. The standard InChI is InChI=1S/C17H27N3O4/c1-5-23-18-15(21)14-7-6-10-20(14)13-8-11-19(12-9-13)16(22)24-17(2,3)4/h6-7,10,13H,5,8-9,11-12H2,1-4H3,(H,18,21). The van der Waals surface area contributed by atoms with Crippen LogP contribution < -0.4 is 5.48 Å². The van der Waals surface area contributed by atoms with Crippen LogP contribution in [0.2, 0.25) is 0 Å². The molecule has 0 aromatic carbocycles. The first-order chi connectivity index (χ1) is 11.3. The summed E-state index contributed by atoms with van der Waals surface area (Å²) in [5.41, 5.74) is 2.50. The molecule has 0 saturated carbocycles. The van der Waals surface area contributed by atoms with Crippen LogP contribution in [0.1, 0.15) is 57.1 Å². The number of likely N-dealkylation sites (tertiary alicyclic amines) is 1. The number of hydroxylamine groups is 1. The molecular weight excluding hydrogens is 310 g/mol. The van der Waals surface area contributed by atoms with E-state index in [4.69, 9.17) is 9.57 Å². The van der Waals surface area contributed by atoms with E-state index in [2.05, 4.69) is 5.48 Å². The van der Waals surface area contributed by atoms with Gasteiger partial charge in [-0.3, -0.25) is 9.63 Å². The van der Waals surface area contributed by atoms with E-state index in [1.807, 2.05) is 44.5 Å². The van der Waals surface area contributed by atoms with E-state index in [1.165, 1.54) is 0 Å².